The van der Waals surface area contributed by atoms with Crippen LogP contribution >= 0.6 is 0 Å². The molecule has 21 heteroatoms. The Labute approximate surface area is 567 Å². The highest BCUT2D eigenvalue weighted by atomic mass is 19.2. The Bertz CT molecular complexity index is 4020. The number of hydrogen-bond acceptors (Lipinski definition) is 14. The van der Waals surface area contributed by atoms with Crippen LogP contribution in [0.3, 0.4) is 0 Å². The van der Waals surface area contributed by atoms with Gasteiger partial charge in [-0.25, -0.2) is 17.6 Å². The molecule has 17 nitrogen and oxygen atoms in total. The van der Waals surface area contributed by atoms with E-state index in [-0.39, 0.29) is 18.1 Å². The van der Waals surface area contributed by atoms with Gasteiger partial charge in [0.25, 0.3) is 0 Å². The number of carboxylic acids is 3. The minimum atomic E-state index is -0.935. The van der Waals surface area contributed by atoms with Crippen LogP contribution in [0.15, 0.2) is 108 Å². The van der Waals surface area contributed by atoms with Crippen LogP contribution in [0.5, 0.6) is 46.0 Å². The molecule has 0 aromatic heterocycles. The number of hydrogen-bond donors (Lipinski definition) is 3. The maximum absolute atomic E-state index is 14.8. The van der Waals surface area contributed by atoms with Crippen LogP contribution in [-0.4, -0.2) is 142 Å². The van der Waals surface area contributed by atoms with Crippen LogP contribution < -0.4 is 37.9 Å². The molecule has 14 rings (SSSR count). The summed E-state index contributed by atoms with van der Waals surface area (Å²) in [5.74, 6) is -0.920. The molecule has 0 amide bonds. The van der Waals surface area contributed by atoms with Crippen LogP contribution in [-0.2, 0) is 34.2 Å². The van der Waals surface area contributed by atoms with E-state index in [1.54, 1.807) is 47.3 Å². The van der Waals surface area contributed by atoms with Gasteiger partial charge in [-0.05, 0) is 166 Å². The Hall–Kier alpha value is -9.05. The second-order valence-electron chi connectivity index (χ2n) is 27.3. The molecule has 518 valence electrons. The maximum Gasteiger partial charge on any atom is 0.310 e. The summed E-state index contributed by atoms with van der Waals surface area (Å²) in [7, 11) is 7.74. The number of likely N-dealkylation sites (tertiary alicyclic amines) is 3. The van der Waals surface area contributed by atoms with Gasteiger partial charge in [-0.2, -0.15) is 0 Å². The predicted octanol–water partition coefficient (Wildman–Crippen LogP) is 13.9. The number of fused-ring (bicyclic) bond motifs is 6. The zero-order valence-electron chi connectivity index (χ0n) is 56.4. The number of ether oxygens (including phenoxy) is 8. The third-order valence-corrected chi connectivity index (χ3v) is 20.5. The molecule has 6 heterocycles. The highest BCUT2D eigenvalue weighted by molar-refractivity contribution is 5.90. The minimum Gasteiger partial charge on any atom is -0.497 e. The highest BCUT2D eigenvalue weighted by Crippen LogP contribution is 2.51. The van der Waals surface area contributed by atoms with E-state index < -0.39 is 57.4 Å². The Morgan fingerprint density at radius 2 is 0.745 bits per heavy atom. The van der Waals surface area contributed by atoms with Crippen molar-refractivity contribution in [3.05, 3.63) is 181 Å². The normalized spacial score (nSPS) is 18.3. The number of nitrogens with zero attached hydrogens (tertiary/aromatic N) is 3. The van der Waals surface area contributed by atoms with E-state index in [2.05, 4.69) is 14.7 Å². The molecule has 6 aromatic carbocycles. The molecule has 2 aliphatic carbocycles. The van der Waals surface area contributed by atoms with Gasteiger partial charge in [-0.15, -0.1) is 0 Å². The average Bonchev–Trinajstić information content (AvgIpc) is 1.52. The van der Waals surface area contributed by atoms with Crippen molar-refractivity contribution in [2.45, 2.75) is 97.9 Å². The molecular formula is C77H83F4N3O14. The van der Waals surface area contributed by atoms with Crippen molar-refractivity contribution < 1.29 is 85.2 Å². The van der Waals surface area contributed by atoms with Crippen LogP contribution in [0.25, 0.3) is 16.7 Å². The lowest BCUT2D eigenvalue weighted by Crippen LogP contribution is -2.42. The number of rotatable bonds is 14. The summed E-state index contributed by atoms with van der Waals surface area (Å²) in [5.41, 5.74) is 12.3. The standard InChI is InChI=1S/C26H28FNO5.C26H30FNO5.C25H25F2NO4/c1-31-18-3-4-19-17(11-18)14-33-22-13-23(32-2)21(27)12-20(22)24(19)16-5-9-28(10-6-16)15-26(7-8-26)25(29)30;1-26(2,25(29)30)15-28-9-7-16(8-10-28)24-19-6-5-18(31-3)11-17(19)14-33-22-13-23(32-4)21(27)12-20(22)24;1-31-17-2-3-18-16(10-17)13-32-22-12-21(27)20(26)11-19(22)23(18)15-4-8-28(9-5-15)14-25(6-7-25)24(29)30/h3-4,11-13H,5-10,14-15H2,1-2H3,(H,29,30);5-6,11-13H,7-10,14-15H2,1-4H3,(H,29,30);2-3,10-12H,4-9,13-14H2,1H3,(H,29,30). The van der Waals surface area contributed by atoms with E-state index in [9.17, 15) is 47.3 Å². The number of carbonyl (C=O) groups is 3. The largest absolute Gasteiger partial charge is 0.497 e. The summed E-state index contributed by atoms with van der Waals surface area (Å²) in [6, 6.07) is 26.1. The Morgan fingerprint density at radius 1 is 0.429 bits per heavy atom. The summed E-state index contributed by atoms with van der Waals surface area (Å²) in [4.78, 5) is 41.4. The molecule has 0 spiro atoms. The van der Waals surface area contributed by atoms with E-state index in [0.717, 1.165) is 182 Å². The van der Waals surface area contributed by atoms with E-state index in [1.165, 1.54) is 43.6 Å². The van der Waals surface area contributed by atoms with Crippen LogP contribution in [0.2, 0.25) is 0 Å². The molecule has 2 saturated carbocycles. The summed E-state index contributed by atoms with van der Waals surface area (Å²) in [6.07, 6.45) is 7.57. The molecule has 0 bridgehead atoms. The third-order valence-electron chi connectivity index (χ3n) is 20.5. The monoisotopic (exact) mass is 1350 g/mol. The van der Waals surface area contributed by atoms with Crippen molar-refractivity contribution in [3.8, 4) is 46.0 Å². The van der Waals surface area contributed by atoms with Crippen LogP contribution in [0, 0.1) is 39.5 Å². The van der Waals surface area contributed by atoms with Gasteiger partial charge in [-0.3, -0.25) is 14.4 Å². The fourth-order valence-corrected chi connectivity index (χ4v) is 14.4. The number of benzene rings is 6. The van der Waals surface area contributed by atoms with E-state index in [1.807, 2.05) is 54.6 Å². The second kappa shape index (κ2) is 28.4. The zero-order valence-corrected chi connectivity index (χ0v) is 56.4. The van der Waals surface area contributed by atoms with E-state index in [0.29, 0.717) is 67.0 Å². The third kappa shape index (κ3) is 14.3. The van der Waals surface area contributed by atoms with Gasteiger partial charge in [0, 0.05) is 110 Å². The fourth-order valence-electron chi connectivity index (χ4n) is 14.4. The van der Waals surface area contributed by atoms with Gasteiger partial charge in [-0.1, -0.05) is 34.9 Å². The van der Waals surface area contributed by atoms with Gasteiger partial charge in [0.05, 0.1) is 51.8 Å². The van der Waals surface area contributed by atoms with Gasteiger partial charge in [0.15, 0.2) is 34.8 Å². The van der Waals surface area contributed by atoms with Crippen molar-refractivity contribution in [1.82, 2.24) is 14.7 Å². The van der Waals surface area contributed by atoms with E-state index in [4.69, 9.17) is 37.9 Å². The molecule has 6 aromatic rings. The number of piperidine rings is 3. The van der Waals surface area contributed by atoms with Crippen LogP contribution in [0.1, 0.15) is 128 Å². The molecule has 3 N–H and O–H groups in total. The quantitative estimate of drug-likeness (QED) is 0.0870. The predicted molar refractivity (Wildman–Crippen MR) is 359 cm³/mol. The number of methoxy groups -OCH3 is 5. The number of halogens is 4. The first-order valence-electron chi connectivity index (χ1n) is 33.3. The lowest BCUT2D eigenvalue weighted by Gasteiger charge is -2.34. The summed E-state index contributed by atoms with van der Waals surface area (Å²) < 4.78 is 102. The lowest BCUT2D eigenvalue weighted by atomic mass is 9.85. The van der Waals surface area contributed by atoms with Gasteiger partial charge >= 0.3 is 17.9 Å². The number of aliphatic carboxylic acids is 3. The first-order valence-corrected chi connectivity index (χ1v) is 33.3. The van der Waals surface area contributed by atoms with Gasteiger partial charge in [0.2, 0.25) is 0 Å². The highest BCUT2D eigenvalue weighted by Gasteiger charge is 2.52. The van der Waals surface area contributed by atoms with Gasteiger partial charge in [0.1, 0.15) is 54.3 Å². The summed E-state index contributed by atoms with van der Waals surface area (Å²) in [6.45, 7) is 10.6. The second-order valence-corrected chi connectivity index (χ2v) is 27.3. The molecule has 8 aliphatic rings. The fraction of sp³-hybridized carbons (Fsp3) is 0.416. The van der Waals surface area contributed by atoms with Crippen molar-refractivity contribution in [2.75, 3.05) is 94.5 Å². The molecule has 98 heavy (non-hydrogen) atoms. The number of carboxylic acid groups (broad SMARTS) is 3. The Balaban J connectivity index is 0.000000140. The minimum absolute atomic E-state index is 0.146. The molecule has 0 radical (unpaired) electrons. The van der Waals surface area contributed by atoms with Crippen LogP contribution in [0.4, 0.5) is 17.6 Å². The first kappa shape index (κ1) is 68.9. The van der Waals surface area contributed by atoms with Crippen molar-refractivity contribution in [3.63, 3.8) is 0 Å². The van der Waals surface area contributed by atoms with Gasteiger partial charge < -0.3 is 67.9 Å². The van der Waals surface area contributed by atoms with Crippen molar-refractivity contribution in [1.29, 1.82) is 0 Å². The zero-order chi connectivity index (χ0) is 69.4. The molecule has 5 fully saturated rings. The molecule has 6 aliphatic heterocycles. The summed E-state index contributed by atoms with van der Waals surface area (Å²) >= 11 is 0. The molecule has 3 saturated heterocycles. The Kier molecular flexibility index (Phi) is 20.0. The topological polar surface area (TPSA) is 195 Å². The SMILES string of the molecule is COc1ccc2c(c1)COc1cc(F)c(F)cc1C2=C1CCN(CC2(C(=O)O)CC2)CC1.COc1ccc2c(c1)COc1cc(OC)c(F)cc1C2=C1CCN(CC(C)(C)C(=O)O)CC1.COc1ccc2c(c1)COc1cc(OC)c(F)cc1C2=C1CCN(CC2(C(=O)O)CC2)CC1. The smallest absolute Gasteiger partial charge is 0.310 e. The lowest BCUT2D eigenvalue weighted by molar-refractivity contribution is -0.148. The average molecular weight is 1350 g/mol. The molecular weight excluding hydrogens is 1270 g/mol. The Morgan fingerprint density at radius 3 is 1.05 bits per heavy atom. The maximum atomic E-state index is 14.8. The molecule has 0 atom stereocenters. The van der Waals surface area contributed by atoms with Crippen molar-refractivity contribution >= 4 is 34.6 Å². The molecule has 0 unspecified atom stereocenters. The van der Waals surface area contributed by atoms with E-state index >= 15 is 0 Å². The first-order chi connectivity index (χ1) is 47.1. The summed E-state index contributed by atoms with van der Waals surface area (Å²) in [5, 5.41) is 28.5. The van der Waals surface area contributed by atoms with Crippen molar-refractivity contribution in [2.24, 2.45) is 16.2 Å².